The number of aromatic amines is 1. The molecule has 1 aliphatic heterocycles. The average molecular weight is 607 g/mol. The maximum atomic E-state index is 13.3. The van der Waals surface area contributed by atoms with Crippen LogP contribution in [-0.4, -0.2) is 47.1 Å². The van der Waals surface area contributed by atoms with Gasteiger partial charge in [0.15, 0.2) is 0 Å². The molecular formula is C31H25Cl2N3O4S. The van der Waals surface area contributed by atoms with Crippen LogP contribution in [0, 0.1) is 0 Å². The maximum Gasteiger partial charge on any atom is 0.335 e. The van der Waals surface area contributed by atoms with Crippen molar-refractivity contribution in [2.24, 2.45) is 0 Å². The highest BCUT2D eigenvalue weighted by Gasteiger charge is 2.35. The summed E-state index contributed by atoms with van der Waals surface area (Å²) in [6, 6.07) is 27.1. The highest BCUT2D eigenvalue weighted by atomic mass is 35.5. The summed E-state index contributed by atoms with van der Waals surface area (Å²) >= 11 is 12.4. The van der Waals surface area contributed by atoms with Crippen LogP contribution in [-0.2, 0) is 10.0 Å². The molecule has 1 fully saturated rings. The SMILES string of the molecule is O=C(O)c1ccc(S(=O)(=O)N2CCC(c3[nH]nc4ccc(C(c5ccc(Cl)cc5)c5ccc(Cl)cc5)cc34)C2)cc1. The van der Waals surface area contributed by atoms with Crippen molar-refractivity contribution in [2.45, 2.75) is 23.2 Å². The molecule has 0 amide bonds. The minimum absolute atomic E-state index is 0.0403. The van der Waals surface area contributed by atoms with Crippen LogP contribution in [0.4, 0.5) is 0 Å². The number of aromatic carboxylic acids is 1. The largest absolute Gasteiger partial charge is 0.478 e. The number of H-pyrrole nitrogens is 1. The van der Waals surface area contributed by atoms with Crippen molar-refractivity contribution in [3.63, 3.8) is 0 Å². The normalized spacial score (nSPS) is 16.0. The van der Waals surface area contributed by atoms with Gasteiger partial charge in [0, 0.05) is 46.1 Å². The summed E-state index contributed by atoms with van der Waals surface area (Å²) in [5, 5.41) is 19.1. The lowest BCUT2D eigenvalue weighted by Gasteiger charge is -2.20. The van der Waals surface area contributed by atoms with Gasteiger partial charge in [-0.3, -0.25) is 5.10 Å². The third-order valence-corrected chi connectivity index (χ3v) is 10.0. The number of carbonyl (C=O) groups is 1. The molecule has 0 radical (unpaired) electrons. The van der Waals surface area contributed by atoms with Crippen LogP contribution in [0.25, 0.3) is 10.9 Å². The average Bonchev–Trinajstić information content (AvgIpc) is 3.63. The van der Waals surface area contributed by atoms with Gasteiger partial charge < -0.3 is 5.11 Å². The molecule has 4 aromatic carbocycles. The number of nitrogens with zero attached hydrogens (tertiary/aromatic N) is 2. The number of fused-ring (bicyclic) bond motifs is 1. The lowest BCUT2D eigenvalue weighted by atomic mass is 9.84. The van der Waals surface area contributed by atoms with E-state index in [1.54, 1.807) is 0 Å². The second kappa shape index (κ2) is 10.9. The molecule has 0 saturated carbocycles. The van der Waals surface area contributed by atoms with Gasteiger partial charge in [0.05, 0.1) is 16.0 Å². The summed E-state index contributed by atoms with van der Waals surface area (Å²) < 4.78 is 28.1. The molecule has 1 atom stereocenters. The fourth-order valence-electron chi connectivity index (χ4n) is 5.53. The van der Waals surface area contributed by atoms with Gasteiger partial charge in [-0.25, -0.2) is 13.2 Å². The predicted octanol–water partition coefficient (Wildman–Crippen LogP) is 6.93. The van der Waals surface area contributed by atoms with E-state index in [0.29, 0.717) is 29.6 Å². The first-order chi connectivity index (χ1) is 19.7. The van der Waals surface area contributed by atoms with Crippen molar-refractivity contribution in [1.82, 2.24) is 14.5 Å². The Morgan fingerprint density at radius 2 is 1.46 bits per heavy atom. The molecule has 208 valence electrons. The molecular weight excluding hydrogens is 581 g/mol. The highest BCUT2D eigenvalue weighted by molar-refractivity contribution is 7.89. The van der Waals surface area contributed by atoms with E-state index < -0.39 is 16.0 Å². The molecule has 1 aliphatic rings. The van der Waals surface area contributed by atoms with Crippen LogP contribution in [0.1, 0.15) is 51.0 Å². The molecule has 6 rings (SSSR count). The van der Waals surface area contributed by atoms with Crippen molar-refractivity contribution >= 4 is 50.1 Å². The Morgan fingerprint density at radius 3 is 2.05 bits per heavy atom. The van der Waals surface area contributed by atoms with Crippen LogP contribution >= 0.6 is 23.2 Å². The number of carboxylic acid groups (broad SMARTS) is 1. The monoisotopic (exact) mass is 605 g/mol. The molecule has 0 bridgehead atoms. The molecule has 2 heterocycles. The molecule has 41 heavy (non-hydrogen) atoms. The number of halogens is 2. The van der Waals surface area contributed by atoms with E-state index in [-0.39, 0.29) is 22.3 Å². The Balaban J connectivity index is 1.33. The van der Waals surface area contributed by atoms with E-state index in [1.165, 1.54) is 28.6 Å². The second-order valence-electron chi connectivity index (χ2n) is 10.1. The van der Waals surface area contributed by atoms with Crippen molar-refractivity contribution in [2.75, 3.05) is 13.1 Å². The van der Waals surface area contributed by atoms with Crippen molar-refractivity contribution in [3.8, 4) is 0 Å². The Hall–Kier alpha value is -3.69. The van der Waals surface area contributed by atoms with E-state index in [0.717, 1.165) is 33.3 Å². The summed E-state index contributed by atoms with van der Waals surface area (Å²) in [5.41, 5.74) is 4.96. The number of carboxylic acids is 1. The summed E-state index contributed by atoms with van der Waals surface area (Å²) in [5.74, 6) is -1.26. The Bertz CT molecular complexity index is 1790. The Kier molecular flexibility index (Phi) is 7.34. The molecule has 5 aromatic rings. The molecule has 1 unspecified atom stereocenters. The number of hydrogen-bond donors (Lipinski definition) is 2. The zero-order valence-electron chi connectivity index (χ0n) is 21.7. The van der Waals surface area contributed by atoms with E-state index in [2.05, 4.69) is 22.3 Å². The number of benzene rings is 4. The Morgan fingerprint density at radius 1 is 0.878 bits per heavy atom. The molecule has 1 saturated heterocycles. The molecule has 0 aliphatic carbocycles. The van der Waals surface area contributed by atoms with Gasteiger partial charge in [-0.05, 0) is 83.8 Å². The zero-order valence-corrected chi connectivity index (χ0v) is 24.0. The topological polar surface area (TPSA) is 103 Å². The summed E-state index contributed by atoms with van der Waals surface area (Å²) in [6.07, 6.45) is 0.631. The molecule has 10 heteroatoms. The number of sulfonamides is 1. The molecule has 0 spiro atoms. The van der Waals surface area contributed by atoms with Gasteiger partial charge in [-0.2, -0.15) is 9.40 Å². The number of nitrogens with one attached hydrogen (secondary N) is 1. The van der Waals surface area contributed by atoms with Gasteiger partial charge in [0.25, 0.3) is 0 Å². The second-order valence-corrected chi connectivity index (χ2v) is 12.9. The predicted molar refractivity (Wildman–Crippen MR) is 159 cm³/mol. The smallest absolute Gasteiger partial charge is 0.335 e. The first-order valence-corrected chi connectivity index (χ1v) is 15.2. The third-order valence-electron chi connectivity index (χ3n) is 7.65. The fraction of sp³-hybridized carbons (Fsp3) is 0.161. The minimum atomic E-state index is -3.77. The number of rotatable bonds is 7. The van der Waals surface area contributed by atoms with Crippen molar-refractivity contribution < 1.29 is 18.3 Å². The number of aromatic nitrogens is 2. The summed E-state index contributed by atoms with van der Waals surface area (Å²) in [6.45, 7) is 0.647. The minimum Gasteiger partial charge on any atom is -0.478 e. The van der Waals surface area contributed by atoms with Crippen LogP contribution in [0.2, 0.25) is 10.0 Å². The molecule has 2 N–H and O–H groups in total. The van der Waals surface area contributed by atoms with Gasteiger partial charge >= 0.3 is 5.97 Å². The summed E-state index contributed by atoms with van der Waals surface area (Å²) in [4.78, 5) is 11.3. The third kappa shape index (κ3) is 5.36. The fourth-order valence-corrected chi connectivity index (χ4v) is 7.28. The quantitative estimate of drug-likeness (QED) is 0.196. The van der Waals surface area contributed by atoms with Crippen LogP contribution in [0.3, 0.4) is 0 Å². The lowest BCUT2D eigenvalue weighted by molar-refractivity contribution is 0.0696. The zero-order chi connectivity index (χ0) is 28.7. The van der Waals surface area contributed by atoms with E-state index >= 15 is 0 Å². The van der Waals surface area contributed by atoms with Crippen molar-refractivity contribution in [3.05, 3.63) is 129 Å². The standard InChI is InChI=1S/C31H25Cl2N3O4S/c32-24-8-1-19(2-9-24)29(20-3-10-25(33)11-4-20)22-7-14-28-27(17-22)30(35-34-28)23-15-16-36(18-23)41(39,40)26-12-5-21(6-13-26)31(37)38/h1-14,17,23,29H,15-16,18H2,(H,34,35)(H,37,38). The van der Waals surface area contributed by atoms with E-state index in [1.807, 2.05) is 54.6 Å². The first kappa shape index (κ1) is 27.5. The van der Waals surface area contributed by atoms with Gasteiger partial charge in [0.1, 0.15) is 0 Å². The van der Waals surface area contributed by atoms with Crippen LogP contribution in [0.15, 0.2) is 95.9 Å². The van der Waals surface area contributed by atoms with Crippen molar-refractivity contribution in [1.29, 1.82) is 0 Å². The van der Waals surface area contributed by atoms with Crippen LogP contribution < -0.4 is 0 Å². The number of hydrogen-bond acceptors (Lipinski definition) is 4. The maximum absolute atomic E-state index is 13.3. The van der Waals surface area contributed by atoms with Gasteiger partial charge in [-0.15, -0.1) is 0 Å². The highest BCUT2D eigenvalue weighted by Crippen LogP contribution is 2.38. The van der Waals surface area contributed by atoms with Gasteiger partial charge in [0.2, 0.25) is 10.0 Å². The van der Waals surface area contributed by atoms with Gasteiger partial charge in [-0.1, -0.05) is 53.5 Å². The van der Waals surface area contributed by atoms with E-state index in [9.17, 15) is 13.2 Å². The lowest BCUT2D eigenvalue weighted by Crippen LogP contribution is -2.28. The Labute approximate surface area is 247 Å². The molecule has 7 nitrogen and oxygen atoms in total. The van der Waals surface area contributed by atoms with E-state index in [4.69, 9.17) is 28.3 Å². The first-order valence-electron chi connectivity index (χ1n) is 13.0. The molecule has 1 aromatic heterocycles. The summed E-state index contributed by atoms with van der Waals surface area (Å²) in [7, 11) is -3.77. The van der Waals surface area contributed by atoms with Crippen LogP contribution in [0.5, 0.6) is 0 Å².